The van der Waals surface area contributed by atoms with Crippen LogP contribution < -0.4 is 10.6 Å². The molecule has 1 unspecified atom stereocenters. The first-order valence-electron chi connectivity index (χ1n) is 11.9. The lowest BCUT2D eigenvalue weighted by molar-refractivity contribution is -0.104. The molecule has 0 radical (unpaired) electrons. The first kappa shape index (κ1) is 18.0. The summed E-state index contributed by atoms with van der Waals surface area (Å²) in [5.74, 6) is 6.20. The van der Waals surface area contributed by atoms with Crippen molar-refractivity contribution in [2.75, 3.05) is 19.6 Å². The Bertz CT molecular complexity index is 487. The Hall–Kier alpha value is -0.0800. The second-order valence-electron chi connectivity index (χ2n) is 12.1. The fourth-order valence-electron chi connectivity index (χ4n) is 8.69. The highest BCUT2D eigenvalue weighted by Crippen LogP contribution is 2.61. The van der Waals surface area contributed by atoms with E-state index in [0.717, 1.165) is 42.1 Å². The molecular formula is C24H42N2. The number of nitrogens with one attached hydrogen (secondary N) is 2. The summed E-state index contributed by atoms with van der Waals surface area (Å²) >= 11 is 0. The largest absolute Gasteiger partial charge is 0.315 e. The molecule has 2 nitrogen and oxygen atoms in total. The van der Waals surface area contributed by atoms with Crippen molar-refractivity contribution in [1.82, 2.24) is 10.6 Å². The molecule has 0 aromatic rings. The summed E-state index contributed by atoms with van der Waals surface area (Å²) in [6.07, 6.45) is 13.8. The molecule has 2 heteroatoms. The van der Waals surface area contributed by atoms with Crippen molar-refractivity contribution < 1.29 is 0 Å². The molecule has 0 aliphatic heterocycles. The Kier molecular flexibility index (Phi) is 4.48. The second kappa shape index (κ2) is 6.48. The zero-order valence-corrected chi connectivity index (χ0v) is 17.5. The van der Waals surface area contributed by atoms with Crippen LogP contribution in [0.25, 0.3) is 0 Å². The van der Waals surface area contributed by atoms with Crippen molar-refractivity contribution in [3.05, 3.63) is 0 Å². The minimum absolute atomic E-state index is 0.616. The molecule has 0 aromatic carbocycles. The van der Waals surface area contributed by atoms with Crippen LogP contribution in [0.2, 0.25) is 0 Å². The van der Waals surface area contributed by atoms with Crippen LogP contribution >= 0.6 is 0 Å². The Labute approximate surface area is 161 Å². The van der Waals surface area contributed by atoms with Crippen molar-refractivity contribution in [3.8, 4) is 0 Å². The van der Waals surface area contributed by atoms with Gasteiger partial charge in [-0.25, -0.2) is 0 Å². The first-order valence-corrected chi connectivity index (χ1v) is 11.9. The fourth-order valence-corrected chi connectivity index (χ4v) is 8.69. The van der Waals surface area contributed by atoms with Gasteiger partial charge in [-0.05, 0) is 118 Å². The van der Waals surface area contributed by atoms with E-state index in [4.69, 9.17) is 0 Å². The standard InChI is InChI=1S/C24H42N2/c1-16(26-14-20-4-5-21-9-22(20)23(21,2)3)13-25-15-24-10-17-6-18(11-24)8-19(7-17)12-24/h16-22,25-26H,4-15H2,1-3H3/t16?,17?,18?,19?,20-,21-,22-,24?/m0/s1. The molecular weight excluding hydrogens is 316 g/mol. The van der Waals surface area contributed by atoms with E-state index in [0.29, 0.717) is 16.9 Å². The molecule has 4 atom stereocenters. The minimum Gasteiger partial charge on any atom is -0.315 e. The van der Waals surface area contributed by atoms with Gasteiger partial charge >= 0.3 is 0 Å². The van der Waals surface area contributed by atoms with Crippen molar-refractivity contribution in [3.63, 3.8) is 0 Å². The molecule has 148 valence electrons. The van der Waals surface area contributed by atoms with Crippen LogP contribution in [-0.4, -0.2) is 25.7 Å². The van der Waals surface area contributed by atoms with Crippen LogP contribution in [0.4, 0.5) is 0 Å². The van der Waals surface area contributed by atoms with E-state index in [1.165, 1.54) is 51.6 Å². The van der Waals surface area contributed by atoms with Crippen LogP contribution in [0.1, 0.15) is 78.6 Å². The highest BCUT2D eigenvalue weighted by molar-refractivity contribution is 5.04. The average molecular weight is 359 g/mol. The lowest BCUT2D eigenvalue weighted by Gasteiger charge is -2.60. The number of fused-ring (bicyclic) bond motifs is 2. The molecule has 6 bridgehead atoms. The summed E-state index contributed by atoms with van der Waals surface area (Å²) in [6.45, 7) is 11.1. The van der Waals surface area contributed by atoms with Crippen LogP contribution in [0.15, 0.2) is 0 Å². The van der Waals surface area contributed by atoms with Gasteiger partial charge in [0.25, 0.3) is 0 Å². The number of hydrogen-bond donors (Lipinski definition) is 2. The van der Waals surface area contributed by atoms with Gasteiger partial charge in [-0.15, -0.1) is 0 Å². The van der Waals surface area contributed by atoms with Crippen LogP contribution in [-0.2, 0) is 0 Å². The van der Waals surface area contributed by atoms with Gasteiger partial charge in [0.2, 0.25) is 0 Å². The van der Waals surface area contributed by atoms with Gasteiger partial charge in [0.15, 0.2) is 0 Å². The van der Waals surface area contributed by atoms with Crippen molar-refractivity contribution in [1.29, 1.82) is 0 Å². The van der Waals surface area contributed by atoms with Gasteiger partial charge < -0.3 is 10.6 Å². The van der Waals surface area contributed by atoms with Crippen molar-refractivity contribution in [2.45, 2.75) is 84.6 Å². The van der Waals surface area contributed by atoms with Gasteiger partial charge in [-0.3, -0.25) is 0 Å². The van der Waals surface area contributed by atoms with Crippen LogP contribution in [0, 0.1) is 46.3 Å². The molecule has 7 aliphatic rings. The molecule has 0 spiro atoms. The van der Waals surface area contributed by atoms with E-state index in [-0.39, 0.29) is 0 Å². The first-order chi connectivity index (χ1) is 12.4. The average Bonchev–Trinajstić information content (AvgIpc) is 2.58. The number of rotatable bonds is 7. The summed E-state index contributed by atoms with van der Waals surface area (Å²) in [7, 11) is 0. The molecule has 7 rings (SSSR count). The topological polar surface area (TPSA) is 24.1 Å². The van der Waals surface area contributed by atoms with E-state index in [2.05, 4.69) is 31.4 Å². The third-order valence-electron chi connectivity index (χ3n) is 9.85. The molecule has 0 aromatic heterocycles. The van der Waals surface area contributed by atoms with E-state index in [1.54, 1.807) is 19.3 Å². The van der Waals surface area contributed by atoms with Crippen molar-refractivity contribution in [2.24, 2.45) is 46.3 Å². The van der Waals surface area contributed by atoms with E-state index in [9.17, 15) is 0 Å². The molecule has 2 N–H and O–H groups in total. The molecule has 0 amide bonds. The van der Waals surface area contributed by atoms with E-state index in [1.807, 2.05) is 0 Å². The summed E-state index contributed by atoms with van der Waals surface area (Å²) in [5.41, 5.74) is 1.31. The maximum atomic E-state index is 3.90. The molecule has 7 fully saturated rings. The highest BCUT2D eigenvalue weighted by Gasteiger charge is 2.54. The molecule has 26 heavy (non-hydrogen) atoms. The van der Waals surface area contributed by atoms with Gasteiger partial charge in [0, 0.05) is 19.1 Å². The molecule has 7 saturated carbocycles. The van der Waals surface area contributed by atoms with Crippen LogP contribution in [0.5, 0.6) is 0 Å². The Morgan fingerprint density at radius 2 is 1.58 bits per heavy atom. The predicted octanol–water partition coefficient (Wildman–Crippen LogP) is 4.84. The Morgan fingerprint density at radius 3 is 2.15 bits per heavy atom. The minimum atomic E-state index is 0.616. The van der Waals surface area contributed by atoms with E-state index < -0.39 is 0 Å². The predicted molar refractivity (Wildman–Crippen MR) is 109 cm³/mol. The molecule has 0 saturated heterocycles. The normalized spacial score (nSPS) is 49.0. The summed E-state index contributed by atoms with van der Waals surface area (Å²) in [4.78, 5) is 0. The summed E-state index contributed by atoms with van der Waals surface area (Å²) in [6, 6.07) is 0.616. The third-order valence-corrected chi connectivity index (χ3v) is 9.85. The zero-order chi connectivity index (χ0) is 17.9. The fraction of sp³-hybridized carbons (Fsp3) is 1.00. The SMILES string of the molecule is CC(CNCC12CC3CC(CC(C3)C1)C2)NC[C@@H]1CC[C@H]2C[C@@H]1C2(C)C. The smallest absolute Gasteiger partial charge is 0.0164 e. The van der Waals surface area contributed by atoms with E-state index >= 15 is 0 Å². The summed E-state index contributed by atoms with van der Waals surface area (Å²) < 4.78 is 0. The van der Waals surface area contributed by atoms with Gasteiger partial charge in [0.1, 0.15) is 0 Å². The van der Waals surface area contributed by atoms with Crippen LogP contribution in [0.3, 0.4) is 0 Å². The van der Waals surface area contributed by atoms with Crippen molar-refractivity contribution >= 4 is 0 Å². The Morgan fingerprint density at radius 1 is 0.923 bits per heavy atom. The lowest BCUT2D eigenvalue weighted by atomic mass is 9.45. The Balaban J connectivity index is 1.05. The van der Waals surface area contributed by atoms with Gasteiger partial charge in [-0.1, -0.05) is 13.8 Å². The van der Waals surface area contributed by atoms with Gasteiger partial charge in [-0.2, -0.15) is 0 Å². The second-order valence-corrected chi connectivity index (χ2v) is 12.1. The lowest BCUT2D eigenvalue weighted by Crippen LogP contribution is -2.55. The zero-order valence-electron chi connectivity index (χ0n) is 17.5. The highest BCUT2D eigenvalue weighted by atomic mass is 15.0. The summed E-state index contributed by atoms with van der Waals surface area (Å²) in [5, 5.41) is 7.80. The quantitative estimate of drug-likeness (QED) is 0.680. The molecule has 7 aliphatic carbocycles. The molecule has 0 heterocycles. The monoisotopic (exact) mass is 358 g/mol. The maximum absolute atomic E-state index is 3.90. The van der Waals surface area contributed by atoms with Gasteiger partial charge in [0.05, 0.1) is 0 Å². The maximum Gasteiger partial charge on any atom is 0.0164 e. The third kappa shape index (κ3) is 3.08. The number of hydrogen-bond acceptors (Lipinski definition) is 2.